The van der Waals surface area contributed by atoms with Gasteiger partial charge in [0.15, 0.2) is 0 Å². The number of aromatic amines is 1. The Morgan fingerprint density at radius 3 is 2.82 bits per heavy atom. The van der Waals surface area contributed by atoms with Crippen molar-refractivity contribution in [2.24, 2.45) is 0 Å². The molecule has 0 spiro atoms. The summed E-state index contributed by atoms with van der Waals surface area (Å²) in [5.74, 6) is -0.245. The second-order valence-electron chi connectivity index (χ2n) is 4.77. The molecule has 3 rings (SSSR count). The number of H-pyrrole nitrogens is 1. The van der Waals surface area contributed by atoms with Crippen molar-refractivity contribution in [2.45, 2.75) is 13.8 Å². The highest BCUT2D eigenvalue weighted by Gasteiger charge is 2.15. The zero-order valence-electron chi connectivity index (χ0n) is 11.9. The second-order valence-corrected chi connectivity index (χ2v) is 5.95. The lowest BCUT2D eigenvalue weighted by atomic mass is 10.1. The molecule has 0 aliphatic heterocycles. The van der Waals surface area contributed by atoms with E-state index in [2.05, 4.69) is 25.7 Å². The maximum absolute atomic E-state index is 12.1. The Labute approximate surface area is 130 Å². The molecule has 1 amide bonds. The number of hydrogen-bond acceptors (Lipinski definition) is 6. The van der Waals surface area contributed by atoms with Crippen LogP contribution in [-0.4, -0.2) is 31.4 Å². The molecule has 0 bridgehead atoms. The number of hydrogen-bond donors (Lipinski definition) is 3. The van der Waals surface area contributed by atoms with Gasteiger partial charge in [-0.1, -0.05) is 23.0 Å². The second kappa shape index (κ2) is 5.57. The van der Waals surface area contributed by atoms with Gasteiger partial charge in [-0.05, 0) is 32.0 Å². The van der Waals surface area contributed by atoms with Crippen LogP contribution in [-0.2, 0) is 0 Å². The lowest BCUT2D eigenvalue weighted by Crippen LogP contribution is -2.12. The van der Waals surface area contributed by atoms with Crippen LogP contribution < -0.4 is 5.32 Å². The van der Waals surface area contributed by atoms with Gasteiger partial charge in [-0.3, -0.25) is 15.2 Å². The van der Waals surface area contributed by atoms with Gasteiger partial charge < -0.3 is 5.11 Å². The Morgan fingerprint density at radius 2 is 2.09 bits per heavy atom. The first-order valence-corrected chi connectivity index (χ1v) is 7.31. The molecule has 112 valence electrons. The molecule has 3 aromatic rings. The summed E-state index contributed by atoms with van der Waals surface area (Å²) in [6.07, 6.45) is 0. The van der Waals surface area contributed by atoms with Crippen molar-refractivity contribution in [2.75, 3.05) is 5.32 Å². The molecule has 1 aromatic carbocycles. The number of aryl methyl sites for hydroxylation is 2. The summed E-state index contributed by atoms with van der Waals surface area (Å²) in [5.41, 5.74) is 2.34. The number of amides is 1. The molecule has 2 heterocycles. The number of aromatic hydroxyl groups is 1. The van der Waals surface area contributed by atoms with E-state index in [1.807, 2.05) is 13.8 Å². The van der Waals surface area contributed by atoms with Gasteiger partial charge in [0, 0.05) is 5.56 Å². The average molecular weight is 315 g/mol. The van der Waals surface area contributed by atoms with Gasteiger partial charge in [0.1, 0.15) is 16.5 Å². The minimum Gasteiger partial charge on any atom is -0.507 e. The summed E-state index contributed by atoms with van der Waals surface area (Å²) in [6, 6.07) is 6.79. The Kier molecular flexibility index (Phi) is 3.60. The molecule has 0 radical (unpaired) electrons. The summed E-state index contributed by atoms with van der Waals surface area (Å²) < 4.78 is 0. The molecule has 8 heteroatoms. The molecular weight excluding hydrogens is 302 g/mol. The van der Waals surface area contributed by atoms with E-state index in [0.29, 0.717) is 16.4 Å². The topological polar surface area (TPSA) is 104 Å². The van der Waals surface area contributed by atoms with Gasteiger partial charge in [-0.25, -0.2) is 0 Å². The van der Waals surface area contributed by atoms with Gasteiger partial charge >= 0.3 is 0 Å². The van der Waals surface area contributed by atoms with Crippen molar-refractivity contribution in [3.63, 3.8) is 0 Å². The number of carbonyl (C=O) groups excluding carboxylic acids is 1. The highest BCUT2D eigenvalue weighted by Crippen LogP contribution is 2.29. The zero-order valence-corrected chi connectivity index (χ0v) is 12.7. The number of aromatic nitrogens is 4. The van der Waals surface area contributed by atoms with Crippen LogP contribution in [0.2, 0.25) is 0 Å². The molecule has 0 unspecified atom stereocenters. The Bertz CT molecular complexity index is 839. The molecule has 0 saturated carbocycles. The molecule has 7 nitrogen and oxygen atoms in total. The normalized spacial score (nSPS) is 10.6. The van der Waals surface area contributed by atoms with Crippen molar-refractivity contribution >= 4 is 22.4 Å². The van der Waals surface area contributed by atoms with Crippen molar-refractivity contribution in [3.05, 3.63) is 40.5 Å². The summed E-state index contributed by atoms with van der Waals surface area (Å²) in [6.45, 7) is 3.73. The van der Waals surface area contributed by atoms with Gasteiger partial charge in [0.2, 0.25) is 5.13 Å². The SMILES string of the molecule is Cc1ccc(O)c(-c2cc(C(=O)Nc3nnc(C)s3)[nH]n2)c1. The molecule has 0 fully saturated rings. The van der Waals surface area contributed by atoms with E-state index in [1.54, 1.807) is 24.3 Å². The lowest BCUT2D eigenvalue weighted by Gasteiger charge is -2.01. The Balaban J connectivity index is 1.84. The summed E-state index contributed by atoms with van der Waals surface area (Å²) in [4.78, 5) is 12.1. The fraction of sp³-hybridized carbons (Fsp3) is 0.143. The van der Waals surface area contributed by atoms with Gasteiger partial charge in [0.05, 0.1) is 5.69 Å². The summed E-state index contributed by atoms with van der Waals surface area (Å²) >= 11 is 1.29. The van der Waals surface area contributed by atoms with Crippen LogP contribution in [0.5, 0.6) is 5.75 Å². The van der Waals surface area contributed by atoms with E-state index in [1.165, 1.54) is 11.3 Å². The predicted molar refractivity (Wildman–Crippen MR) is 83.0 cm³/mol. The number of phenols is 1. The van der Waals surface area contributed by atoms with Gasteiger partial charge in [-0.15, -0.1) is 10.2 Å². The van der Waals surface area contributed by atoms with E-state index < -0.39 is 0 Å². The maximum Gasteiger partial charge on any atom is 0.275 e. The first-order valence-electron chi connectivity index (χ1n) is 6.50. The van der Waals surface area contributed by atoms with Crippen LogP contribution in [0.25, 0.3) is 11.3 Å². The Hall–Kier alpha value is -2.74. The molecular formula is C14H13N5O2S. The smallest absolute Gasteiger partial charge is 0.275 e. The molecule has 0 aliphatic rings. The molecule has 2 aromatic heterocycles. The van der Waals surface area contributed by atoms with Crippen LogP contribution in [0, 0.1) is 13.8 Å². The molecule has 0 saturated heterocycles. The number of benzene rings is 1. The quantitative estimate of drug-likeness (QED) is 0.689. The molecule has 0 aliphatic carbocycles. The number of nitrogens with one attached hydrogen (secondary N) is 2. The van der Waals surface area contributed by atoms with Gasteiger partial charge in [-0.2, -0.15) is 5.10 Å². The first-order chi connectivity index (χ1) is 10.5. The van der Waals surface area contributed by atoms with Crippen LogP contribution >= 0.6 is 11.3 Å². The summed E-state index contributed by atoms with van der Waals surface area (Å²) in [5, 5.41) is 28.1. The van der Waals surface area contributed by atoms with E-state index in [-0.39, 0.29) is 17.4 Å². The van der Waals surface area contributed by atoms with Crippen LogP contribution in [0.1, 0.15) is 21.1 Å². The van der Waals surface area contributed by atoms with Crippen LogP contribution in [0.15, 0.2) is 24.3 Å². The highest BCUT2D eigenvalue weighted by molar-refractivity contribution is 7.15. The zero-order chi connectivity index (χ0) is 15.7. The van der Waals surface area contributed by atoms with Crippen LogP contribution in [0.4, 0.5) is 5.13 Å². The Morgan fingerprint density at radius 1 is 1.27 bits per heavy atom. The van der Waals surface area contributed by atoms with Crippen molar-refractivity contribution < 1.29 is 9.90 Å². The van der Waals surface area contributed by atoms with E-state index >= 15 is 0 Å². The summed E-state index contributed by atoms with van der Waals surface area (Å²) in [7, 11) is 0. The van der Waals surface area contributed by atoms with E-state index in [4.69, 9.17) is 0 Å². The van der Waals surface area contributed by atoms with Crippen molar-refractivity contribution in [1.82, 2.24) is 20.4 Å². The standard InChI is InChI=1S/C14H13N5O2S/c1-7-3-4-12(20)9(5-7)10-6-11(18-17-10)13(21)15-14-19-16-8(2)22-14/h3-6,20H,1-2H3,(H,17,18)(H,15,19,21). The number of anilines is 1. The van der Waals surface area contributed by atoms with Gasteiger partial charge in [0.25, 0.3) is 5.91 Å². The highest BCUT2D eigenvalue weighted by atomic mass is 32.1. The molecule has 22 heavy (non-hydrogen) atoms. The first kappa shape index (κ1) is 14.2. The fourth-order valence-electron chi connectivity index (χ4n) is 1.94. The predicted octanol–water partition coefficient (Wildman–Crippen LogP) is 2.50. The minimum absolute atomic E-state index is 0.115. The van der Waals surface area contributed by atoms with Crippen LogP contribution in [0.3, 0.4) is 0 Å². The molecule has 3 N–H and O–H groups in total. The largest absolute Gasteiger partial charge is 0.507 e. The fourth-order valence-corrected chi connectivity index (χ4v) is 2.53. The average Bonchev–Trinajstić information content (AvgIpc) is 3.11. The minimum atomic E-state index is -0.359. The number of rotatable bonds is 3. The number of phenolic OH excluding ortho intramolecular Hbond substituents is 1. The third kappa shape index (κ3) is 2.82. The van der Waals surface area contributed by atoms with Crippen molar-refractivity contribution in [3.8, 4) is 17.0 Å². The number of carbonyl (C=O) groups is 1. The monoisotopic (exact) mass is 315 g/mol. The van der Waals surface area contributed by atoms with Crippen molar-refractivity contribution in [1.29, 1.82) is 0 Å². The molecule has 0 atom stereocenters. The maximum atomic E-state index is 12.1. The third-order valence-corrected chi connectivity index (χ3v) is 3.75. The number of nitrogens with zero attached hydrogens (tertiary/aromatic N) is 3. The van der Waals surface area contributed by atoms with E-state index in [0.717, 1.165) is 10.6 Å². The lowest BCUT2D eigenvalue weighted by molar-refractivity contribution is 0.102. The van der Waals surface area contributed by atoms with E-state index in [9.17, 15) is 9.90 Å². The third-order valence-electron chi connectivity index (χ3n) is 3.00.